The topological polar surface area (TPSA) is 76.7 Å². The van der Waals surface area contributed by atoms with Crippen LogP contribution in [0.5, 0.6) is 17.2 Å². The molecule has 162 valence electrons. The van der Waals surface area contributed by atoms with Crippen LogP contribution in [0, 0.1) is 6.92 Å². The Labute approximate surface area is 181 Å². The average molecular weight is 421 g/mol. The van der Waals surface area contributed by atoms with Gasteiger partial charge in [0.05, 0.1) is 31.2 Å². The van der Waals surface area contributed by atoms with Crippen LogP contribution in [-0.4, -0.2) is 48.3 Å². The lowest BCUT2D eigenvalue weighted by molar-refractivity contribution is 0.0787. The smallest absolute Gasteiger partial charge is 0.257 e. The number of para-hydroxylation sites is 3. The van der Waals surface area contributed by atoms with Crippen LogP contribution < -0.4 is 14.2 Å². The lowest BCUT2D eigenvalue weighted by Crippen LogP contribution is -2.29. The normalized spacial score (nSPS) is 15.7. The second-order valence-electron chi connectivity index (χ2n) is 7.65. The first kappa shape index (κ1) is 20.8. The molecule has 0 saturated carbocycles. The Bertz CT molecular complexity index is 1060. The van der Waals surface area contributed by atoms with Crippen LogP contribution in [0.4, 0.5) is 0 Å². The number of amides is 1. The predicted octanol–water partition coefficient (Wildman–Crippen LogP) is 3.94. The first-order chi connectivity index (χ1) is 15.1. The van der Waals surface area contributed by atoms with Crippen molar-refractivity contribution in [2.75, 3.05) is 27.3 Å². The number of methoxy groups -OCH3 is 2. The molecule has 0 radical (unpaired) electrons. The number of hydrogen-bond donors (Lipinski definition) is 1. The zero-order valence-electron chi connectivity index (χ0n) is 18.1. The van der Waals surface area contributed by atoms with Crippen LogP contribution in [0.15, 0.2) is 48.5 Å². The van der Waals surface area contributed by atoms with E-state index in [9.17, 15) is 4.79 Å². The number of aromatic amines is 1. The van der Waals surface area contributed by atoms with E-state index in [-0.39, 0.29) is 11.8 Å². The van der Waals surface area contributed by atoms with Gasteiger partial charge in [0.1, 0.15) is 12.4 Å². The summed E-state index contributed by atoms with van der Waals surface area (Å²) >= 11 is 0. The van der Waals surface area contributed by atoms with E-state index in [0.717, 1.165) is 23.4 Å². The predicted molar refractivity (Wildman–Crippen MR) is 117 cm³/mol. The third kappa shape index (κ3) is 4.35. The highest BCUT2D eigenvalue weighted by atomic mass is 16.5. The molecule has 3 aromatic rings. The summed E-state index contributed by atoms with van der Waals surface area (Å²) < 4.78 is 16.7. The molecule has 7 nitrogen and oxygen atoms in total. The van der Waals surface area contributed by atoms with Crippen molar-refractivity contribution < 1.29 is 19.0 Å². The minimum absolute atomic E-state index is 0.00156. The molecule has 1 fully saturated rings. The highest BCUT2D eigenvalue weighted by molar-refractivity contribution is 5.97. The fraction of sp³-hybridized carbons (Fsp3) is 0.333. The lowest BCUT2D eigenvalue weighted by atomic mass is 10.0. The van der Waals surface area contributed by atoms with Crippen molar-refractivity contribution in [3.8, 4) is 17.2 Å². The number of ether oxygens (including phenoxy) is 3. The zero-order chi connectivity index (χ0) is 21.8. The van der Waals surface area contributed by atoms with Crippen molar-refractivity contribution >= 4 is 5.91 Å². The van der Waals surface area contributed by atoms with Gasteiger partial charge in [0.2, 0.25) is 0 Å². The van der Waals surface area contributed by atoms with E-state index in [0.29, 0.717) is 42.5 Å². The van der Waals surface area contributed by atoms with E-state index in [1.54, 1.807) is 14.2 Å². The summed E-state index contributed by atoms with van der Waals surface area (Å²) in [6.07, 6.45) is 0.873. The van der Waals surface area contributed by atoms with E-state index in [4.69, 9.17) is 14.2 Å². The molecule has 1 saturated heterocycles. The summed E-state index contributed by atoms with van der Waals surface area (Å²) in [6, 6.07) is 15.2. The summed E-state index contributed by atoms with van der Waals surface area (Å²) in [7, 11) is 3.22. The standard InChI is InChI=1S/C24H27N3O4/c1-16-7-6-8-19(23(16)30-3)24(28)27-12-11-17(14-27)20-13-18(25-26-20)15-31-22-10-5-4-9-21(22)29-2/h4-10,13,17H,11-12,14-15H2,1-3H3,(H,25,26)/t17-/m0/s1. The monoisotopic (exact) mass is 421 g/mol. The third-order valence-corrected chi connectivity index (χ3v) is 5.64. The molecule has 1 amide bonds. The maximum atomic E-state index is 13.1. The van der Waals surface area contributed by atoms with Crippen molar-refractivity contribution in [3.05, 3.63) is 71.0 Å². The average Bonchev–Trinajstić information content (AvgIpc) is 3.47. The van der Waals surface area contributed by atoms with E-state index in [1.165, 1.54) is 0 Å². The maximum absolute atomic E-state index is 13.1. The van der Waals surface area contributed by atoms with Gasteiger partial charge in [0.25, 0.3) is 5.91 Å². The van der Waals surface area contributed by atoms with Gasteiger partial charge in [-0.05, 0) is 43.2 Å². The minimum Gasteiger partial charge on any atom is -0.496 e. The minimum atomic E-state index is -0.00156. The van der Waals surface area contributed by atoms with E-state index in [2.05, 4.69) is 10.2 Å². The molecule has 2 aromatic carbocycles. The zero-order valence-corrected chi connectivity index (χ0v) is 18.1. The van der Waals surface area contributed by atoms with E-state index < -0.39 is 0 Å². The van der Waals surface area contributed by atoms with Gasteiger partial charge in [-0.15, -0.1) is 0 Å². The summed E-state index contributed by atoms with van der Waals surface area (Å²) in [5.74, 6) is 2.21. The molecule has 0 unspecified atom stereocenters. The van der Waals surface area contributed by atoms with Crippen molar-refractivity contribution in [3.63, 3.8) is 0 Å². The van der Waals surface area contributed by atoms with Crippen molar-refractivity contribution in [1.29, 1.82) is 0 Å². The van der Waals surface area contributed by atoms with Gasteiger partial charge in [-0.3, -0.25) is 9.89 Å². The molecule has 1 atom stereocenters. The number of aromatic nitrogens is 2. The highest BCUT2D eigenvalue weighted by Crippen LogP contribution is 2.31. The van der Waals surface area contributed by atoms with Gasteiger partial charge in [0, 0.05) is 19.0 Å². The number of nitrogens with zero attached hydrogens (tertiary/aromatic N) is 2. The number of likely N-dealkylation sites (tertiary alicyclic amines) is 1. The van der Waals surface area contributed by atoms with Gasteiger partial charge in [-0.1, -0.05) is 24.3 Å². The molecule has 0 aliphatic carbocycles. The summed E-state index contributed by atoms with van der Waals surface area (Å²) in [5.41, 5.74) is 3.39. The number of benzene rings is 2. The van der Waals surface area contributed by atoms with Gasteiger partial charge in [-0.25, -0.2) is 0 Å². The van der Waals surface area contributed by atoms with Crippen molar-refractivity contribution in [1.82, 2.24) is 15.1 Å². The largest absolute Gasteiger partial charge is 0.496 e. The molecule has 1 N–H and O–H groups in total. The SMILES string of the molecule is COc1ccccc1OCc1cc([C@H]2CCN(C(=O)c3cccc(C)c3OC)C2)n[nH]1. The molecule has 0 bridgehead atoms. The number of aryl methyl sites for hydroxylation is 1. The third-order valence-electron chi connectivity index (χ3n) is 5.64. The van der Waals surface area contributed by atoms with E-state index >= 15 is 0 Å². The Morgan fingerprint density at radius 1 is 1.13 bits per heavy atom. The van der Waals surface area contributed by atoms with Crippen LogP contribution in [0.2, 0.25) is 0 Å². The fourth-order valence-electron chi connectivity index (χ4n) is 4.00. The van der Waals surface area contributed by atoms with Gasteiger partial charge < -0.3 is 19.1 Å². The Kier molecular flexibility index (Phi) is 6.11. The number of carbonyl (C=O) groups excluding carboxylic acids is 1. The van der Waals surface area contributed by atoms with Gasteiger partial charge in [-0.2, -0.15) is 5.10 Å². The summed E-state index contributed by atoms with van der Waals surface area (Å²) in [5, 5.41) is 7.52. The van der Waals surface area contributed by atoms with Crippen LogP contribution >= 0.6 is 0 Å². The Balaban J connectivity index is 1.39. The van der Waals surface area contributed by atoms with Crippen LogP contribution in [-0.2, 0) is 6.61 Å². The van der Waals surface area contributed by atoms with E-state index in [1.807, 2.05) is 60.4 Å². The van der Waals surface area contributed by atoms with Crippen LogP contribution in [0.1, 0.15) is 39.6 Å². The number of carbonyl (C=O) groups is 1. The Hall–Kier alpha value is -3.48. The van der Waals surface area contributed by atoms with Crippen LogP contribution in [0.25, 0.3) is 0 Å². The van der Waals surface area contributed by atoms with Crippen molar-refractivity contribution in [2.24, 2.45) is 0 Å². The van der Waals surface area contributed by atoms with Crippen molar-refractivity contribution in [2.45, 2.75) is 25.9 Å². The second kappa shape index (κ2) is 9.12. The Morgan fingerprint density at radius 2 is 1.94 bits per heavy atom. The number of hydrogen-bond acceptors (Lipinski definition) is 5. The second-order valence-corrected chi connectivity index (χ2v) is 7.65. The quantitative estimate of drug-likeness (QED) is 0.625. The molecule has 1 aliphatic rings. The number of H-pyrrole nitrogens is 1. The molecular weight excluding hydrogens is 394 g/mol. The van der Waals surface area contributed by atoms with Gasteiger partial charge >= 0.3 is 0 Å². The first-order valence-electron chi connectivity index (χ1n) is 10.3. The Morgan fingerprint density at radius 3 is 2.71 bits per heavy atom. The molecular formula is C24H27N3O4. The molecule has 1 aromatic heterocycles. The molecule has 2 heterocycles. The molecule has 7 heteroatoms. The van der Waals surface area contributed by atoms with Crippen LogP contribution in [0.3, 0.4) is 0 Å². The number of nitrogens with one attached hydrogen (secondary N) is 1. The summed E-state index contributed by atoms with van der Waals surface area (Å²) in [6.45, 7) is 3.64. The highest BCUT2D eigenvalue weighted by Gasteiger charge is 2.31. The molecule has 31 heavy (non-hydrogen) atoms. The first-order valence-corrected chi connectivity index (χ1v) is 10.3. The fourth-order valence-corrected chi connectivity index (χ4v) is 4.00. The lowest BCUT2D eigenvalue weighted by Gasteiger charge is -2.18. The molecule has 1 aliphatic heterocycles. The molecule has 0 spiro atoms. The molecule has 4 rings (SSSR count). The number of rotatable bonds is 7. The maximum Gasteiger partial charge on any atom is 0.257 e. The summed E-state index contributed by atoms with van der Waals surface area (Å²) in [4.78, 5) is 14.9. The van der Waals surface area contributed by atoms with Gasteiger partial charge in [0.15, 0.2) is 11.5 Å².